The Hall–Kier alpha value is -1.73. The molecule has 1 saturated heterocycles. The van der Waals surface area contributed by atoms with Crippen LogP contribution in [0.25, 0.3) is 0 Å². The Morgan fingerprint density at radius 1 is 1.39 bits per heavy atom. The van der Waals surface area contributed by atoms with Crippen LogP contribution in [-0.4, -0.2) is 46.3 Å². The molecule has 1 aromatic rings. The van der Waals surface area contributed by atoms with Crippen LogP contribution in [-0.2, 0) is 34.4 Å². The fourth-order valence-corrected chi connectivity index (χ4v) is 3.01. The summed E-state index contributed by atoms with van der Waals surface area (Å²) in [7, 11) is 1.70. The van der Waals surface area contributed by atoms with Gasteiger partial charge in [-0.15, -0.1) is 0 Å². The van der Waals surface area contributed by atoms with E-state index in [0.717, 1.165) is 25.9 Å². The van der Waals surface area contributed by atoms with Crippen molar-refractivity contribution in [3.05, 3.63) is 27.4 Å². The molecule has 3 rings (SSSR count). The lowest BCUT2D eigenvalue weighted by atomic mass is 10.1. The molecule has 1 fully saturated rings. The SMILES string of the molecule is Cc1nc2c(c(=O)n1C)CN(C(=O)COC[C@H]1CCCCO1)C2. The van der Waals surface area contributed by atoms with Gasteiger partial charge in [-0.25, -0.2) is 4.98 Å². The molecule has 0 saturated carbocycles. The number of aryl methyl sites for hydroxylation is 1. The first-order valence-electron chi connectivity index (χ1n) is 8.08. The fraction of sp³-hybridized carbons (Fsp3) is 0.688. The van der Waals surface area contributed by atoms with E-state index >= 15 is 0 Å². The summed E-state index contributed by atoms with van der Waals surface area (Å²) in [6, 6.07) is 0. The number of ether oxygens (including phenoxy) is 2. The minimum atomic E-state index is -0.112. The second-order valence-corrected chi connectivity index (χ2v) is 6.20. The first-order chi connectivity index (χ1) is 11.1. The Kier molecular flexibility index (Phi) is 4.77. The maximum absolute atomic E-state index is 12.3. The van der Waals surface area contributed by atoms with Crippen molar-refractivity contribution in [2.75, 3.05) is 19.8 Å². The lowest BCUT2D eigenvalue weighted by Gasteiger charge is -2.22. The maximum atomic E-state index is 12.3. The summed E-state index contributed by atoms with van der Waals surface area (Å²) in [5.41, 5.74) is 1.25. The highest BCUT2D eigenvalue weighted by Gasteiger charge is 2.28. The number of fused-ring (bicyclic) bond motifs is 1. The van der Waals surface area contributed by atoms with Crippen LogP contribution >= 0.6 is 0 Å². The monoisotopic (exact) mass is 321 g/mol. The molecule has 7 heteroatoms. The molecule has 1 aromatic heterocycles. The molecule has 0 aliphatic carbocycles. The Bertz CT molecular complexity index is 649. The summed E-state index contributed by atoms with van der Waals surface area (Å²) >= 11 is 0. The van der Waals surface area contributed by atoms with Crippen LogP contribution in [0.3, 0.4) is 0 Å². The quantitative estimate of drug-likeness (QED) is 0.808. The molecule has 126 valence electrons. The normalized spacial score (nSPS) is 20.6. The van der Waals surface area contributed by atoms with Gasteiger partial charge in [0.25, 0.3) is 5.56 Å². The van der Waals surface area contributed by atoms with Crippen LogP contribution in [0.15, 0.2) is 4.79 Å². The van der Waals surface area contributed by atoms with Crippen molar-refractivity contribution in [2.45, 2.75) is 45.4 Å². The van der Waals surface area contributed by atoms with Crippen LogP contribution in [0, 0.1) is 6.92 Å². The molecule has 7 nitrogen and oxygen atoms in total. The summed E-state index contributed by atoms with van der Waals surface area (Å²) in [5, 5.41) is 0. The van der Waals surface area contributed by atoms with Gasteiger partial charge in [0.2, 0.25) is 5.91 Å². The van der Waals surface area contributed by atoms with E-state index in [1.165, 1.54) is 4.57 Å². The van der Waals surface area contributed by atoms with Crippen molar-refractivity contribution in [1.29, 1.82) is 0 Å². The molecular formula is C16H23N3O4. The van der Waals surface area contributed by atoms with E-state index < -0.39 is 0 Å². The molecular weight excluding hydrogens is 298 g/mol. The lowest BCUT2D eigenvalue weighted by molar-refractivity contribution is -0.138. The molecule has 0 N–H and O–H groups in total. The van der Waals surface area contributed by atoms with Gasteiger partial charge in [0.05, 0.1) is 37.1 Å². The smallest absolute Gasteiger partial charge is 0.258 e. The third-order valence-corrected chi connectivity index (χ3v) is 4.54. The van der Waals surface area contributed by atoms with Crippen LogP contribution in [0.2, 0.25) is 0 Å². The number of amides is 1. The topological polar surface area (TPSA) is 73.7 Å². The average Bonchev–Trinajstić information content (AvgIpc) is 2.98. The van der Waals surface area contributed by atoms with Gasteiger partial charge in [-0.05, 0) is 26.2 Å². The zero-order valence-electron chi connectivity index (χ0n) is 13.7. The minimum absolute atomic E-state index is 0.0210. The zero-order valence-corrected chi connectivity index (χ0v) is 13.7. The van der Waals surface area contributed by atoms with Gasteiger partial charge in [0, 0.05) is 13.7 Å². The summed E-state index contributed by atoms with van der Waals surface area (Å²) < 4.78 is 12.6. The average molecular weight is 321 g/mol. The first kappa shape index (κ1) is 16.1. The molecule has 0 spiro atoms. The van der Waals surface area contributed by atoms with Crippen molar-refractivity contribution in [2.24, 2.45) is 7.05 Å². The summed E-state index contributed by atoms with van der Waals surface area (Å²) in [5.74, 6) is 0.548. The summed E-state index contributed by atoms with van der Waals surface area (Å²) in [4.78, 5) is 30.5. The third-order valence-electron chi connectivity index (χ3n) is 4.54. The van der Waals surface area contributed by atoms with Gasteiger partial charge in [-0.3, -0.25) is 14.2 Å². The van der Waals surface area contributed by atoms with Gasteiger partial charge in [-0.1, -0.05) is 0 Å². The van der Waals surface area contributed by atoms with E-state index in [-0.39, 0.29) is 24.2 Å². The standard InChI is InChI=1S/C16H23N3O4/c1-11-17-14-8-19(7-13(14)16(21)18(11)2)15(20)10-22-9-12-5-3-4-6-23-12/h12H,3-10H2,1-2H3/t12-/m1/s1. The zero-order chi connectivity index (χ0) is 16.4. The number of carbonyl (C=O) groups is 1. The molecule has 1 amide bonds. The number of aromatic nitrogens is 2. The van der Waals surface area contributed by atoms with Crippen LogP contribution < -0.4 is 5.56 Å². The molecule has 0 radical (unpaired) electrons. The maximum Gasteiger partial charge on any atom is 0.258 e. The highest BCUT2D eigenvalue weighted by molar-refractivity contribution is 5.78. The molecule has 0 unspecified atom stereocenters. The van der Waals surface area contributed by atoms with Gasteiger partial charge >= 0.3 is 0 Å². The van der Waals surface area contributed by atoms with E-state index in [9.17, 15) is 9.59 Å². The minimum Gasteiger partial charge on any atom is -0.376 e. The third kappa shape index (κ3) is 3.45. The van der Waals surface area contributed by atoms with E-state index in [0.29, 0.717) is 36.8 Å². The van der Waals surface area contributed by atoms with Crippen molar-refractivity contribution in [1.82, 2.24) is 14.5 Å². The van der Waals surface area contributed by atoms with Gasteiger partial charge in [0.1, 0.15) is 12.4 Å². The molecule has 3 heterocycles. The largest absolute Gasteiger partial charge is 0.376 e. The Morgan fingerprint density at radius 3 is 2.96 bits per heavy atom. The van der Waals surface area contributed by atoms with E-state index in [2.05, 4.69) is 4.98 Å². The van der Waals surface area contributed by atoms with Crippen LogP contribution in [0.4, 0.5) is 0 Å². The Morgan fingerprint density at radius 2 is 2.22 bits per heavy atom. The highest BCUT2D eigenvalue weighted by Crippen LogP contribution is 2.18. The van der Waals surface area contributed by atoms with Crippen molar-refractivity contribution < 1.29 is 14.3 Å². The number of rotatable bonds is 4. The van der Waals surface area contributed by atoms with E-state index in [4.69, 9.17) is 9.47 Å². The number of nitrogens with zero attached hydrogens (tertiary/aromatic N) is 3. The van der Waals surface area contributed by atoms with Crippen molar-refractivity contribution in [3.8, 4) is 0 Å². The van der Waals surface area contributed by atoms with E-state index in [1.807, 2.05) is 0 Å². The molecule has 2 aliphatic heterocycles. The second-order valence-electron chi connectivity index (χ2n) is 6.20. The molecule has 1 atom stereocenters. The van der Waals surface area contributed by atoms with Gasteiger partial charge in [0.15, 0.2) is 0 Å². The molecule has 23 heavy (non-hydrogen) atoms. The van der Waals surface area contributed by atoms with Gasteiger partial charge < -0.3 is 14.4 Å². The summed E-state index contributed by atoms with van der Waals surface area (Å²) in [6.07, 6.45) is 3.34. The number of hydrogen-bond acceptors (Lipinski definition) is 5. The number of carbonyl (C=O) groups excluding carboxylic acids is 1. The van der Waals surface area contributed by atoms with Crippen LogP contribution in [0.5, 0.6) is 0 Å². The fourth-order valence-electron chi connectivity index (χ4n) is 3.01. The predicted octanol–water partition coefficient (Wildman–Crippen LogP) is 0.517. The molecule has 0 bridgehead atoms. The summed E-state index contributed by atoms with van der Waals surface area (Å²) in [6.45, 7) is 3.74. The Labute approximate surface area is 135 Å². The first-order valence-corrected chi connectivity index (χ1v) is 8.08. The van der Waals surface area contributed by atoms with Crippen LogP contribution in [0.1, 0.15) is 36.3 Å². The number of hydrogen-bond donors (Lipinski definition) is 0. The van der Waals surface area contributed by atoms with Crippen molar-refractivity contribution >= 4 is 5.91 Å². The predicted molar refractivity (Wildman–Crippen MR) is 82.9 cm³/mol. The van der Waals surface area contributed by atoms with Gasteiger partial charge in [-0.2, -0.15) is 0 Å². The molecule has 2 aliphatic rings. The van der Waals surface area contributed by atoms with Crippen molar-refractivity contribution in [3.63, 3.8) is 0 Å². The highest BCUT2D eigenvalue weighted by atomic mass is 16.5. The van der Waals surface area contributed by atoms with E-state index in [1.54, 1.807) is 18.9 Å². The lowest BCUT2D eigenvalue weighted by Crippen LogP contribution is -2.32. The second kappa shape index (κ2) is 6.80. The molecule has 0 aromatic carbocycles. The Balaban J connectivity index is 1.53.